The highest BCUT2D eigenvalue weighted by molar-refractivity contribution is 7.15. The Bertz CT molecular complexity index is 914. The molecule has 0 aliphatic heterocycles. The molecule has 0 bridgehead atoms. The molecule has 1 aromatic carbocycles. The number of aromatic nitrogens is 2. The van der Waals surface area contributed by atoms with E-state index in [1.807, 2.05) is 0 Å². The maximum absolute atomic E-state index is 12.1. The maximum Gasteiger partial charge on any atom is 0.288 e. The van der Waals surface area contributed by atoms with Gasteiger partial charge in [0.1, 0.15) is 5.69 Å². The molecule has 0 saturated heterocycles. The number of hydrogen-bond acceptors (Lipinski definition) is 5. The van der Waals surface area contributed by atoms with Crippen molar-refractivity contribution >= 4 is 40.0 Å². The summed E-state index contributed by atoms with van der Waals surface area (Å²) < 4.78 is 1.54. The summed E-state index contributed by atoms with van der Waals surface area (Å²) in [4.78, 5) is 27.9. The Balaban J connectivity index is 1.80. The summed E-state index contributed by atoms with van der Waals surface area (Å²) in [7, 11) is 0. The number of carbonyl (C=O) groups excluding carboxylic acids is 1. The molecule has 22 heavy (non-hydrogen) atoms. The van der Waals surface area contributed by atoms with Crippen molar-refractivity contribution in [3.63, 3.8) is 0 Å². The third-order valence-corrected chi connectivity index (χ3v) is 3.81. The Labute approximate surface area is 133 Å². The highest BCUT2D eigenvalue weighted by atomic mass is 35.5. The van der Waals surface area contributed by atoms with Crippen LogP contribution in [-0.2, 0) is 0 Å². The predicted octanol–water partition coefficient (Wildman–Crippen LogP) is 2.17. The Hall–Kier alpha value is -2.51. The number of thiazole rings is 1. The van der Waals surface area contributed by atoms with Gasteiger partial charge >= 0.3 is 0 Å². The summed E-state index contributed by atoms with van der Waals surface area (Å²) in [5, 5.41) is 6.24. The SMILES string of the molecule is O=C(N/N=C\c1ccc(Cl)cc1)c1cc(=O)nc2sccn12. The van der Waals surface area contributed by atoms with Crippen LogP contribution < -0.4 is 11.0 Å². The van der Waals surface area contributed by atoms with E-state index >= 15 is 0 Å². The van der Waals surface area contributed by atoms with Crippen LogP contribution in [0.3, 0.4) is 0 Å². The van der Waals surface area contributed by atoms with Gasteiger partial charge in [0, 0.05) is 22.7 Å². The van der Waals surface area contributed by atoms with E-state index in [-0.39, 0.29) is 5.69 Å². The van der Waals surface area contributed by atoms with Crippen LogP contribution in [0.1, 0.15) is 16.1 Å². The second kappa shape index (κ2) is 6.08. The molecule has 1 N–H and O–H groups in total. The average molecular weight is 333 g/mol. The van der Waals surface area contributed by atoms with Crippen LogP contribution in [0.15, 0.2) is 51.8 Å². The third kappa shape index (κ3) is 3.05. The Morgan fingerprint density at radius 1 is 1.36 bits per heavy atom. The molecule has 0 spiro atoms. The molecule has 2 aromatic heterocycles. The highest BCUT2D eigenvalue weighted by Gasteiger charge is 2.11. The molecule has 3 rings (SSSR count). The van der Waals surface area contributed by atoms with Gasteiger partial charge in [-0.25, -0.2) is 5.43 Å². The van der Waals surface area contributed by atoms with Crippen LogP contribution >= 0.6 is 22.9 Å². The fourth-order valence-corrected chi connectivity index (χ4v) is 2.64. The smallest absolute Gasteiger partial charge is 0.287 e. The lowest BCUT2D eigenvalue weighted by atomic mass is 10.2. The van der Waals surface area contributed by atoms with E-state index in [0.29, 0.717) is 9.98 Å². The number of amides is 1. The summed E-state index contributed by atoms with van der Waals surface area (Å²) in [5.74, 6) is -0.488. The normalized spacial score (nSPS) is 11.1. The van der Waals surface area contributed by atoms with Gasteiger partial charge in [-0.3, -0.25) is 14.0 Å². The predicted molar refractivity (Wildman–Crippen MR) is 85.9 cm³/mol. The number of nitrogens with one attached hydrogen (secondary N) is 1. The van der Waals surface area contributed by atoms with Gasteiger partial charge in [0.2, 0.25) is 0 Å². The zero-order valence-corrected chi connectivity index (χ0v) is 12.6. The lowest BCUT2D eigenvalue weighted by Gasteiger charge is -2.02. The second-order valence-electron chi connectivity index (χ2n) is 4.29. The number of hydrazone groups is 1. The average Bonchev–Trinajstić information content (AvgIpc) is 2.96. The van der Waals surface area contributed by atoms with Gasteiger partial charge in [-0.2, -0.15) is 10.1 Å². The van der Waals surface area contributed by atoms with E-state index in [1.165, 1.54) is 23.6 Å². The molecule has 0 saturated carbocycles. The minimum absolute atomic E-state index is 0.185. The van der Waals surface area contributed by atoms with Gasteiger partial charge in [-0.1, -0.05) is 23.7 Å². The van der Waals surface area contributed by atoms with Crippen molar-refractivity contribution in [3.05, 3.63) is 68.5 Å². The number of benzene rings is 1. The zero-order chi connectivity index (χ0) is 15.5. The van der Waals surface area contributed by atoms with Crippen LogP contribution in [0.2, 0.25) is 5.02 Å². The monoisotopic (exact) mass is 332 g/mol. The van der Waals surface area contributed by atoms with Crippen molar-refractivity contribution in [1.29, 1.82) is 0 Å². The van der Waals surface area contributed by atoms with E-state index in [2.05, 4.69) is 15.5 Å². The number of halogens is 1. The minimum atomic E-state index is -0.488. The number of fused-ring (bicyclic) bond motifs is 1. The van der Waals surface area contributed by atoms with Crippen molar-refractivity contribution in [2.24, 2.45) is 5.10 Å². The first-order valence-corrected chi connectivity index (χ1v) is 7.45. The van der Waals surface area contributed by atoms with Crippen LogP contribution in [0.5, 0.6) is 0 Å². The summed E-state index contributed by atoms with van der Waals surface area (Å²) in [6, 6.07) is 8.16. The summed E-state index contributed by atoms with van der Waals surface area (Å²) in [5.41, 5.74) is 2.90. The lowest BCUT2D eigenvalue weighted by molar-refractivity contribution is 0.0948. The van der Waals surface area contributed by atoms with E-state index < -0.39 is 11.5 Å². The number of rotatable bonds is 3. The van der Waals surface area contributed by atoms with E-state index in [4.69, 9.17) is 11.6 Å². The molecule has 6 nitrogen and oxygen atoms in total. The molecule has 110 valence electrons. The summed E-state index contributed by atoms with van der Waals surface area (Å²) in [6.45, 7) is 0. The molecular formula is C14H9ClN4O2S. The van der Waals surface area contributed by atoms with Crippen molar-refractivity contribution < 1.29 is 4.79 Å². The number of nitrogens with zero attached hydrogens (tertiary/aromatic N) is 3. The quantitative estimate of drug-likeness (QED) is 0.590. The molecule has 8 heteroatoms. The molecular weight excluding hydrogens is 324 g/mol. The van der Waals surface area contributed by atoms with E-state index in [9.17, 15) is 9.59 Å². The molecule has 0 atom stereocenters. The van der Waals surface area contributed by atoms with Gasteiger partial charge < -0.3 is 0 Å². The molecule has 0 unspecified atom stereocenters. The molecule has 0 aliphatic carbocycles. The van der Waals surface area contributed by atoms with E-state index in [0.717, 1.165) is 5.56 Å². The van der Waals surface area contributed by atoms with Crippen molar-refractivity contribution in [2.75, 3.05) is 0 Å². The maximum atomic E-state index is 12.1. The second-order valence-corrected chi connectivity index (χ2v) is 5.60. The van der Waals surface area contributed by atoms with Crippen molar-refractivity contribution in [1.82, 2.24) is 14.8 Å². The van der Waals surface area contributed by atoms with Gasteiger partial charge in [-0.05, 0) is 17.7 Å². The van der Waals surface area contributed by atoms with Gasteiger partial charge in [0.05, 0.1) is 6.21 Å². The molecule has 3 aromatic rings. The molecule has 1 amide bonds. The first-order chi connectivity index (χ1) is 10.6. The highest BCUT2D eigenvalue weighted by Crippen LogP contribution is 2.09. The minimum Gasteiger partial charge on any atom is -0.287 e. The summed E-state index contributed by atoms with van der Waals surface area (Å²) in [6.07, 6.45) is 3.16. The van der Waals surface area contributed by atoms with Gasteiger partial charge in [0.25, 0.3) is 11.5 Å². The van der Waals surface area contributed by atoms with Crippen LogP contribution in [0, 0.1) is 0 Å². The Kier molecular flexibility index (Phi) is 3.99. The van der Waals surface area contributed by atoms with E-state index in [1.54, 1.807) is 40.2 Å². The first kappa shape index (κ1) is 14.4. The standard InChI is InChI=1S/C14H9ClN4O2S/c15-10-3-1-9(2-4-10)8-16-18-13(21)11-7-12(20)17-14-19(11)5-6-22-14/h1-8H,(H,18,21)/b16-8-. The molecule has 0 aliphatic rings. The summed E-state index contributed by atoms with van der Waals surface area (Å²) >= 11 is 7.06. The Morgan fingerprint density at radius 2 is 2.14 bits per heavy atom. The molecule has 0 radical (unpaired) electrons. The first-order valence-electron chi connectivity index (χ1n) is 6.19. The van der Waals surface area contributed by atoms with Crippen LogP contribution in [0.25, 0.3) is 4.96 Å². The fourth-order valence-electron chi connectivity index (χ4n) is 1.80. The number of carbonyl (C=O) groups is 1. The van der Waals surface area contributed by atoms with Crippen molar-refractivity contribution in [3.8, 4) is 0 Å². The Morgan fingerprint density at radius 3 is 2.91 bits per heavy atom. The van der Waals surface area contributed by atoms with Crippen molar-refractivity contribution in [2.45, 2.75) is 0 Å². The zero-order valence-electron chi connectivity index (χ0n) is 11.1. The number of hydrogen-bond donors (Lipinski definition) is 1. The fraction of sp³-hybridized carbons (Fsp3) is 0. The topological polar surface area (TPSA) is 75.8 Å². The largest absolute Gasteiger partial charge is 0.288 e. The van der Waals surface area contributed by atoms with Gasteiger partial charge in [0.15, 0.2) is 4.96 Å². The molecule has 0 fully saturated rings. The van der Waals surface area contributed by atoms with Crippen LogP contribution in [0.4, 0.5) is 0 Å². The molecule has 2 heterocycles. The van der Waals surface area contributed by atoms with Crippen LogP contribution in [-0.4, -0.2) is 21.5 Å². The van der Waals surface area contributed by atoms with Gasteiger partial charge in [-0.15, -0.1) is 11.3 Å². The third-order valence-electron chi connectivity index (χ3n) is 2.80. The lowest BCUT2D eigenvalue weighted by Crippen LogP contribution is -2.23.